The van der Waals surface area contributed by atoms with Gasteiger partial charge in [-0.2, -0.15) is 0 Å². The lowest BCUT2D eigenvalue weighted by atomic mass is 10.1. The Morgan fingerprint density at radius 2 is 1.95 bits per heavy atom. The van der Waals surface area contributed by atoms with Gasteiger partial charge in [0.15, 0.2) is 5.65 Å². The third-order valence-corrected chi connectivity index (χ3v) is 3.57. The number of pyridine rings is 1. The van der Waals surface area contributed by atoms with Gasteiger partial charge in [0.25, 0.3) is 0 Å². The Hall–Kier alpha value is -2.00. The number of hydrogen-bond donors (Lipinski definition) is 1. The topological polar surface area (TPSA) is 43.3 Å². The third kappa shape index (κ3) is 1.96. The Balaban J connectivity index is 2.19. The van der Waals surface area contributed by atoms with E-state index in [1.165, 1.54) is 5.56 Å². The van der Waals surface area contributed by atoms with Crippen LogP contribution in [-0.2, 0) is 6.42 Å². The number of aromatic nitrogens is 2. The molecule has 0 radical (unpaired) electrons. The van der Waals surface area contributed by atoms with Gasteiger partial charge in [-0.3, -0.25) is 4.40 Å². The van der Waals surface area contributed by atoms with E-state index >= 15 is 0 Å². The average Bonchev–Trinajstić information content (AvgIpc) is 2.78. The quantitative estimate of drug-likeness (QED) is 0.770. The summed E-state index contributed by atoms with van der Waals surface area (Å²) in [6.07, 6.45) is 2.89. The van der Waals surface area contributed by atoms with Gasteiger partial charge in [-0.1, -0.05) is 42.8 Å². The summed E-state index contributed by atoms with van der Waals surface area (Å²) in [4.78, 5) is 4.54. The second-order valence-electron chi connectivity index (χ2n) is 4.45. The number of halogens is 1. The van der Waals surface area contributed by atoms with Crippen LogP contribution in [0.4, 0.5) is 5.82 Å². The molecule has 0 aliphatic rings. The SMILES string of the molecule is CCc1ccc(-c2nc3c(Cl)cccn3c2N)cc1. The number of imidazole rings is 1. The van der Waals surface area contributed by atoms with Gasteiger partial charge < -0.3 is 5.73 Å². The third-order valence-electron chi connectivity index (χ3n) is 3.27. The van der Waals surface area contributed by atoms with Crippen LogP contribution in [0.1, 0.15) is 12.5 Å². The van der Waals surface area contributed by atoms with E-state index in [2.05, 4.69) is 24.0 Å². The van der Waals surface area contributed by atoms with Gasteiger partial charge in [0.05, 0.1) is 5.02 Å². The van der Waals surface area contributed by atoms with E-state index in [1.807, 2.05) is 34.9 Å². The molecule has 3 rings (SSSR count). The van der Waals surface area contributed by atoms with E-state index in [1.54, 1.807) is 0 Å². The normalized spacial score (nSPS) is 11.1. The molecular formula is C15H14ClN3. The van der Waals surface area contributed by atoms with Gasteiger partial charge >= 0.3 is 0 Å². The second kappa shape index (κ2) is 4.59. The summed E-state index contributed by atoms with van der Waals surface area (Å²) in [6, 6.07) is 12.0. The van der Waals surface area contributed by atoms with Crippen molar-refractivity contribution in [1.29, 1.82) is 0 Å². The van der Waals surface area contributed by atoms with Crippen LogP contribution in [0.25, 0.3) is 16.9 Å². The second-order valence-corrected chi connectivity index (χ2v) is 4.85. The minimum Gasteiger partial charge on any atom is -0.383 e. The summed E-state index contributed by atoms with van der Waals surface area (Å²) in [6.45, 7) is 2.13. The Kier molecular flexibility index (Phi) is 2.91. The Morgan fingerprint density at radius 3 is 2.58 bits per heavy atom. The van der Waals surface area contributed by atoms with Crippen molar-refractivity contribution < 1.29 is 0 Å². The van der Waals surface area contributed by atoms with Crippen molar-refractivity contribution in [1.82, 2.24) is 9.38 Å². The lowest BCUT2D eigenvalue weighted by Gasteiger charge is -2.01. The number of nitrogen functional groups attached to an aromatic ring is 1. The van der Waals surface area contributed by atoms with Crippen LogP contribution in [0.3, 0.4) is 0 Å². The molecule has 0 spiro atoms. The Bertz CT molecular complexity index is 729. The predicted octanol–water partition coefficient (Wildman–Crippen LogP) is 3.80. The molecule has 19 heavy (non-hydrogen) atoms. The molecule has 0 fully saturated rings. The molecule has 0 saturated heterocycles. The van der Waals surface area contributed by atoms with E-state index in [0.29, 0.717) is 16.5 Å². The molecule has 0 atom stereocenters. The highest BCUT2D eigenvalue weighted by atomic mass is 35.5. The van der Waals surface area contributed by atoms with E-state index in [0.717, 1.165) is 17.7 Å². The molecule has 0 aliphatic heterocycles. The van der Waals surface area contributed by atoms with Crippen LogP contribution in [0, 0.1) is 0 Å². The summed E-state index contributed by atoms with van der Waals surface area (Å²) >= 11 is 6.14. The number of nitrogens with zero attached hydrogens (tertiary/aromatic N) is 2. The van der Waals surface area contributed by atoms with Crippen LogP contribution >= 0.6 is 11.6 Å². The molecule has 0 unspecified atom stereocenters. The molecule has 2 N–H and O–H groups in total. The molecule has 0 aliphatic carbocycles. The maximum Gasteiger partial charge on any atom is 0.157 e. The van der Waals surface area contributed by atoms with Crippen molar-refractivity contribution >= 4 is 23.1 Å². The van der Waals surface area contributed by atoms with Gasteiger partial charge in [-0.05, 0) is 24.1 Å². The van der Waals surface area contributed by atoms with Crippen molar-refractivity contribution in [3.8, 4) is 11.3 Å². The molecule has 3 aromatic rings. The summed E-state index contributed by atoms with van der Waals surface area (Å²) in [5.41, 5.74) is 9.92. The summed E-state index contributed by atoms with van der Waals surface area (Å²) in [7, 11) is 0. The van der Waals surface area contributed by atoms with E-state index in [4.69, 9.17) is 17.3 Å². The average molecular weight is 272 g/mol. The molecule has 2 aromatic heterocycles. The number of aryl methyl sites for hydroxylation is 1. The summed E-state index contributed by atoms with van der Waals surface area (Å²) < 4.78 is 1.81. The zero-order valence-corrected chi connectivity index (χ0v) is 11.4. The molecule has 0 saturated carbocycles. The number of nitrogens with two attached hydrogens (primary N) is 1. The summed E-state index contributed by atoms with van der Waals surface area (Å²) in [5, 5.41) is 0.602. The first-order valence-corrected chi connectivity index (χ1v) is 6.60. The smallest absolute Gasteiger partial charge is 0.157 e. The van der Waals surface area contributed by atoms with Crippen LogP contribution in [0.2, 0.25) is 5.02 Å². The van der Waals surface area contributed by atoms with Gasteiger partial charge in [-0.15, -0.1) is 0 Å². The Morgan fingerprint density at radius 1 is 1.21 bits per heavy atom. The minimum atomic E-state index is 0.602. The van der Waals surface area contributed by atoms with Gasteiger partial charge in [0.1, 0.15) is 11.5 Å². The lowest BCUT2D eigenvalue weighted by Crippen LogP contribution is -1.93. The van der Waals surface area contributed by atoms with Crippen LogP contribution in [-0.4, -0.2) is 9.38 Å². The molecule has 1 aromatic carbocycles. The number of fused-ring (bicyclic) bond motifs is 1. The predicted molar refractivity (Wildman–Crippen MR) is 79.4 cm³/mol. The monoisotopic (exact) mass is 271 g/mol. The van der Waals surface area contributed by atoms with Crippen molar-refractivity contribution in [3.63, 3.8) is 0 Å². The number of benzene rings is 1. The first-order chi connectivity index (χ1) is 9.20. The molecule has 0 amide bonds. The van der Waals surface area contributed by atoms with Crippen LogP contribution in [0.5, 0.6) is 0 Å². The minimum absolute atomic E-state index is 0.602. The standard InChI is InChI=1S/C15H14ClN3/c1-2-10-5-7-11(8-6-10)13-14(17)19-9-3-4-12(16)15(19)18-13/h3-9H,2,17H2,1H3. The Labute approximate surface area is 116 Å². The molecule has 3 nitrogen and oxygen atoms in total. The molecule has 4 heteroatoms. The molecule has 96 valence electrons. The number of anilines is 1. The maximum absolute atomic E-state index is 6.15. The molecular weight excluding hydrogens is 258 g/mol. The highest BCUT2D eigenvalue weighted by Gasteiger charge is 2.12. The first-order valence-electron chi connectivity index (χ1n) is 6.22. The molecule has 0 bridgehead atoms. The lowest BCUT2D eigenvalue weighted by molar-refractivity contribution is 1.14. The number of rotatable bonds is 2. The summed E-state index contributed by atoms with van der Waals surface area (Å²) in [5.74, 6) is 0.613. The van der Waals surface area contributed by atoms with E-state index in [-0.39, 0.29) is 0 Å². The van der Waals surface area contributed by atoms with Crippen LogP contribution < -0.4 is 5.73 Å². The maximum atomic E-state index is 6.15. The fourth-order valence-electron chi connectivity index (χ4n) is 2.16. The van der Waals surface area contributed by atoms with Gasteiger partial charge in [0, 0.05) is 11.8 Å². The van der Waals surface area contributed by atoms with Gasteiger partial charge in [0.2, 0.25) is 0 Å². The van der Waals surface area contributed by atoms with E-state index < -0.39 is 0 Å². The highest BCUT2D eigenvalue weighted by Crippen LogP contribution is 2.29. The van der Waals surface area contributed by atoms with Gasteiger partial charge in [-0.25, -0.2) is 4.98 Å². The zero-order valence-electron chi connectivity index (χ0n) is 10.6. The largest absolute Gasteiger partial charge is 0.383 e. The van der Waals surface area contributed by atoms with Crippen molar-refractivity contribution in [3.05, 3.63) is 53.2 Å². The fourth-order valence-corrected chi connectivity index (χ4v) is 2.37. The van der Waals surface area contributed by atoms with Crippen molar-refractivity contribution in [2.45, 2.75) is 13.3 Å². The first kappa shape index (κ1) is 12.1. The van der Waals surface area contributed by atoms with E-state index in [9.17, 15) is 0 Å². The van der Waals surface area contributed by atoms with Crippen molar-refractivity contribution in [2.24, 2.45) is 0 Å². The molecule has 2 heterocycles. The highest BCUT2D eigenvalue weighted by molar-refractivity contribution is 6.33. The number of hydrogen-bond acceptors (Lipinski definition) is 2. The zero-order chi connectivity index (χ0) is 13.4. The fraction of sp³-hybridized carbons (Fsp3) is 0.133. The van der Waals surface area contributed by atoms with Crippen LogP contribution in [0.15, 0.2) is 42.6 Å². The van der Waals surface area contributed by atoms with Crippen molar-refractivity contribution in [2.75, 3.05) is 5.73 Å².